The van der Waals surface area contributed by atoms with Gasteiger partial charge in [0.15, 0.2) is 0 Å². The summed E-state index contributed by atoms with van der Waals surface area (Å²) < 4.78 is 32.4. The van der Waals surface area contributed by atoms with Crippen molar-refractivity contribution in [1.82, 2.24) is 10.3 Å². The van der Waals surface area contributed by atoms with Crippen molar-refractivity contribution < 1.29 is 22.4 Å². The molecule has 1 aromatic heterocycles. The normalized spacial score (nSPS) is 15.5. The molecule has 2 heterocycles. The lowest BCUT2D eigenvalue weighted by molar-refractivity contribution is -0.126. The van der Waals surface area contributed by atoms with E-state index in [1.54, 1.807) is 50.2 Å². The Morgan fingerprint density at radius 3 is 2.70 bits per heavy atom. The molecule has 3 aromatic rings. The summed E-state index contributed by atoms with van der Waals surface area (Å²) in [4.78, 5) is 29.4. The first-order valence-corrected chi connectivity index (χ1v) is 12.2. The van der Waals surface area contributed by atoms with Crippen LogP contribution in [0.2, 0.25) is 0 Å². The second kappa shape index (κ2) is 9.07. The number of fused-ring (bicyclic) bond motifs is 1. The van der Waals surface area contributed by atoms with Gasteiger partial charge in [0.05, 0.1) is 29.5 Å². The number of aromatic nitrogens is 1. The van der Waals surface area contributed by atoms with E-state index in [-0.39, 0.29) is 36.4 Å². The van der Waals surface area contributed by atoms with Crippen LogP contribution in [0.4, 0.5) is 11.4 Å². The van der Waals surface area contributed by atoms with Crippen molar-refractivity contribution in [1.29, 1.82) is 0 Å². The van der Waals surface area contributed by atoms with E-state index >= 15 is 0 Å². The molecule has 1 atom stereocenters. The molecule has 10 heteroatoms. The van der Waals surface area contributed by atoms with Crippen molar-refractivity contribution in [3.63, 3.8) is 0 Å². The molecule has 0 fully saturated rings. The maximum Gasteiger partial charge on any atom is 0.232 e. The van der Waals surface area contributed by atoms with Crippen molar-refractivity contribution in [3.8, 4) is 11.5 Å². The molecule has 33 heavy (non-hydrogen) atoms. The van der Waals surface area contributed by atoms with Crippen LogP contribution in [-0.2, 0) is 26.2 Å². The van der Waals surface area contributed by atoms with Crippen molar-refractivity contribution in [2.75, 3.05) is 15.8 Å². The Morgan fingerprint density at radius 1 is 1.18 bits per heavy atom. The largest absolute Gasteiger partial charge is 0.441 e. The highest BCUT2D eigenvalue weighted by molar-refractivity contribution is 7.92. The fourth-order valence-electron chi connectivity index (χ4n) is 3.64. The van der Waals surface area contributed by atoms with Gasteiger partial charge < -0.3 is 15.1 Å². The summed E-state index contributed by atoms with van der Waals surface area (Å²) in [5.74, 6) is -0.400. The molecular formula is C23H24N4O5S. The molecule has 0 radical (unpaired) electrons. The minimum Gasteiger partial charge on any atom is -0.441 e. The number of oxazole rings is 1. The van der Waals surface area contributed by atoms with E-state index in [2.05, 4.69) is 20.3 Å². The quantitative estimate of drug-likeness (QED) is 0.488. The molecule has 0 saturated carbocycles. The number of carbonyl (C=O) groups excluding carboxylic acids is 2. The third-order valence-corrected chi connectivity index (χ3v) is 6.73. The minimum atomic E-state index is -3.48. The van der Waals surface area contributed by atoms with Gasteiger partial charge in [-0.2, -0.15) is 0 Å². The predicted octanol–water partition coefficient (Wildman–Crippen LogP) is 3.15. The number of nitrogens with one attached hydrogen (secondary N) is 3. The number of rotatable bonds is 7. The van der Waals surface area contributed by atoms with Crippen LogP contribution >= 0.6 is 0 Å². The first-order valence-electron chi connectivity index (χ1n) is 10.5. The van der Waals surface area contributed by atoms with Crippen LogP contribution < -0.4 is 15.4 Å². The Hall–Kier alpha value is -3.66. The van der Waals surface area contributed by atoms with Crippen LogP contribution in [0, 0.1) is 6.92 Å². The zero-order chi connectivity index (χ0) is 23.6. The number of para-hydroxylation sites is 2. The Bertz CT molecular complexity index is 1320. The number of anilines is 2. The van der Waals surface area contributed by atoms with Gasteiger partial charge in [0.1, 0.15) is 11.5 Å². The van der Waals surface area contributed by atoms with E-state index in [0.29, 0.717) is 28.4 Å². The molecule has 172 valence electrons. The summed E-state index contributed by atoms with van der Waals surface area (Å²) >= 11 is 0. The number of benzene rings is 2. The summed E-state index contributed by atoms with van der Waals surface area (Å²) in [7, 11) is -3.48. The number of amides is 2. The van der Waals surface area contributed by atoms with Crippen LogP contribution in [0.1, 0.15) is 36.3 Å². The highest BCUT2D eigenvalue weighted by atomic mass is 32.2. The zero-order valence-corrected chi connectivity index (χ0v) is 19.0. The molecular weight excluding hydrogens is 444 g/mol. The Kier molecular flexibility index (Phi) is 6.19. The highest BCUT2D eigenvalue weighted by Gasteiger charge is 2.30. The van der Waals surface area contributed by atoms with E-state index in [1.807, 2.05) is 12.1 Å². The second-order valence-electron chi connectivity index (χ2n) is 7.68. The maximum atomic E-state index is 12.9. The van der Waals surface area contributed by atoms with Gasteiger partial charge in [0.25, 0.3) is 0 Å². The molecule has 3 N–H and O–H groups in total. The maximum absolute atomic E-state index is 12.9. The molecule has 2 amide bonds. The van der Waals surface area contributed by atoms with Gasteiger partial charge in [0.2, 0.25) is 27.7 Å². The van der Waals surface area contributed by atoms with E-state index < -0.39 is 15.9 Å². The first-order chi connectivity index (χ1) is 15.8. The molecule has 0 unspecified atom stereocenters. The van der Waals surface area contributed by atoms with Crippen LogP contribution in [0.15, 0.2) is 52.9 Å². The first kappa shape index (κ1) is 22.5. The van der Waals surface area contributed by atoms with Gasteiger partial charge in [-0.1, -0.05) is 30.3 Å². The van der Waals surface area contributed by atoms with Gasteiger partial charge in [-0.25, -0.2) is 13.4 Å². The Labute approximate surface area is 191 Å². The van der Waals surface area contributed by atoms with Crippen LogP contribution in [-0.4, -0.2) is 31.0 Å². The number of nitrogens with zero attached hydrogens (tertiary/aromatic N) is 1. The van der Waals surface area contributed by atoms with Crippen LogP contribution in [0.25, 0.3) is 11.5 Å². The Balaban J connectivity index is 1.52. The number of aryl methyl sites for hydroxylation is 1. The van der Waals surface area contributed by atoms with E-state index in [0.717, 1.165) is 5.56 Å². The van der Waals surface area contributed by atoms with E-state index in [1.165, 1.54) is 0 Å². The monoisotopic (exact) mass is 468 g/mol. The lowest BCUT2D eigenvalue weighted by atomic mass is 9.90. The van der Waals surface area contributed by atoms with Gasteiger partial charge in [-0.05, 0) is 37.6 Å². The number of carbonyl (C=O) groups is 2. The van der Waals surface area contributed by atoms with Crippen molar-refractivity contribution in [3.05, 3.63) is 65.5 Å². The fraction of sp³-hybridized carbons (Fsp3) is 0.261. The lowest BCUT2D eigenvalue weighted by Crippen LogP contribution is -2.34. The summed E-state index contributed by atoms with van der Waals surface area (Å²) in [5.41, 5.74) is 2.78. The Morgan fingerprint density at radius 2 is 1.91 bits per heavy atom. The second-order valence-corrected chi connectivity index (χ2v) is 9.69. The SMILES string of the molecule is CCS(=O)(=O)Nc1ccccc1-c1nc(CNC(=O)[C@H]2CC(=O)Nc3ccccc32)c(C)o1. The van der Waals surface area contributed by atoms with E-state index in [4.69, 9.17) is 4.42 Å². The van der Waals surface area contributed by atoms with Crippen molar-refractivity contribution in [2.24, 2.45) is 0 Å². The smallest absolute Gasteiger partial charge is 0.232 e. The average Bonchev–Trinajstić information content (AvgIpc) is 3.17. The highest BCUT2D eigenvalue weighted by Crippen LogP contribution is 2.32. The molecule has 0 bridgehead atoms. The van der Waals surface area contributed by atoms with Gasteiger partial charge in [-0.3, -0.25) is 14.3 Å². The molecule has 0 saturated heterocycles. The number of sulfonamides is 1. The molecule has 4 rings (SSSR count). The van der Waals surface area contributed by atoms with Crippen molar-refractivity contribution in [2.45, 2.75) is 32.7 Å². The average molecular weight is 469 g/mol. The molecule has 0 aliphatic carbocycles. The summed E-state index contributed by atoms with van der Waals surface area (Å²) in [5, 5.41) is 5.62. The van der Waals surface area contributed by atoms with Crippen molar-refractivity contribution >= 4 is 33.2 Å². The van der Waals surface area contributed by atoms with Gasteiger partial charge >= 0.3 is 0 Å². The number of hydrogen-bond donors (Lipinski definition) is 3. The molecule has 9 nitrogen and oxygen atoms in total. The fourth-order valence-corrected chi connectivity index (χ4v) is 4.30. The predicted molar refractivity (Wildman–Crippen MR) is 124 cm³/mol. The third-order valence-electron chi connectivity index (χ3n) is 5.44. The number of hydrogen-bond acceptors (Lipinski definition) is 6. The van der Waals surface area contributed by atoms with Gasteiger partial charge in [-0.15, -0.1) is 0 Å². The topological polar surface area (TPSA) is 130 Å². The van der Waals surface area contributed by atoms with Crippen LogP contribution in [0.5, 0.6) is 0 Å². The molecule has 1 aliphatic rings. The van der Waals surface area contributed by atoms with Crippen LogP contribution in [0.3, 0.4) is 0 Å². The molecule has 2 aromatic carbocycles. The minimum absolute atomic E-state index is 0.0639. The lowest BCUT2D eigenvalue weighted by Gasteiger charge is -2.24. The summed E-state index contributed by atoms with van der Waals surface area (Å²) in [6.45, 7) is 3.38. The zero-order valence-electron chi connectivity index (χ0n) is 18.2. The standard InChI is InChI=1S/C23H24N4O5S/c1-3-33(30,31)27-19-11-7-5-9-16(19)23-26-20(14(2)32-23)13-24-22(29)17-12-21(28)25-18-10-6-4-8-15(17)18/h4-11,17,27H,3,12-13H2,1-2H3,(H,24,29)(H,25,28)/t17-/m0/s1. The van der Waals surface area contributed by atoms with Gasteiger partial charge in [0, 0.05) is 12.1 Å². The molecule has 1 aliphatic heterocycles. The molecule has 0 spiro atoms. The summed E-state index contributed by atoms with van der Waals surface area (Å²) in [6.07, 6.45) is 0.0663. The van der Waals surface area contributed by atoms with E-state index in [9.17, 15) is 18.0 Å². The summed E-state index contributed by atoms with van der Waals surface area (Å²) in [6, 6.07) is 14.0. The third kappa shape index (κ3) is 4.90.